The van der Waals surface area contributed by atoms with Crippen LogP contribution in [0.15, 0.2) is 54.7 Å². The average molecular weight is 372 g/mol. The van der Waals surface area contributed by atoms with Crippen molar-refractivity contribution in [2.75, 3.05) is 0 Å². The first-order valence-corrected chi connectivity index (χ1v) is 8.47. The number of hydrogen-bond donors (Lipinski definition) is 4. The first kappa shape index (κ1) is 17.8. The number of rotatable bonds is 6. The summed E-state index contributed by atoms with van der Waals surface area (Å²) in [6.45, 7) is 0.256. The van der Waals surface area contributed by atoms with E-state index in [1.165, 1.54) is 0 Å². The molecule has 7 heteroatoms. The number of carbonyl (C=O) groups excluding carboxylic acids is 1. The summed E-state index contributed by atoms with van der Waals surface area (Å²) in [5.41, 5.74) is 2.59. The van der Waals surface area contributed by atoms with Crippen molar-refractivity contribution in [2.45, 2.75) is 19.0 Å². The number of para-hydroxylation sites is 1. The van der Waals surface area contributed by atoms with Crippen LogP contribution in [0.4, 0.5) is 4.79 Å². The van der Waals surface area contributed by atoms with Gasteiger partial charge in [0, 0.05) is 35.1 Å². The molecule has 0 unspecified atom stereocenters. The summed E-state index contributed by atoms with van der Waals surface area (Å²) in [6.07, 6.45) is 1.95. The Morgan fingerprint density at radius 2 is 1.96 bits per heavy atom. The molecule has 0 aliphatic rings. The maximum atomic E-state index is 12.1. The molecular formula is C19H18ClN3O3. The maximum absolute atomic E-state index is 12.1. The van der Waals surface area contributed by atoms with E-state index in [1.54, 1.807) is 24.4 Å². The number of aliphatic carboxylic acids is 1. The van der Waals surface area contributed by atoms with Gasteiger partial charge in [0.15, 0.2) is 0 Å². The molecule has 4 N–H and O–H groups in total. The normalized spacial score (nSPS) is 11.9. The van der Waals surface area contributed by atoms with Crippen LogP contribution < -0.4 is 10.6 Å². The quantitative estimate of drug-likeness (QED) is 0.535. The lowest BCUT2D eigenvalue weighted by Gasteiger charge is -2.15. The molecule has 0 aliphatic carbocycles. The number of urea groups is 1. The zero-order chi connectivity index (χ0) is 18.5. The van der Waals surface area contributed by atoms with E-state index >= 15 is 0 Å². The zero-order valence-electron chi connectivity index (χ0n) is 13.8. The van der Waals surface area contributed by atoms with E-state index in [0.29, 0.717) is 5.02 Å². The van der Waals surface area contributed by atoms with Crippen molar-refractivity contribution >= 4 is 34.5 Å². The Bertz CT molecular complexity index is 938. The van der Waals surface area contributed by atoms with Crippen molar-refractivity contribution in [1.82, 2.24) is 15.6 Å². The van der Waals surface area contributed by atoms with Gasteiger partial charge >= 0.3 is 12.0 Å². The molecular weight excluding hydrogens is 354 g/mol. The summed E-state index contributed by atoms with van der Waals surface area (Å²) in [4.78, 5) is 26.7. The minimum atomic E-state index is -1.09. The number of carbonyl (C=O) groups is 2. The number of amides is 2. The topological polar surface area (TPSA) is 94.2 Å². The molecule has 6 nitrogen and oxygen atoms in total. The Kier molecular flexibility index (Phi) is 5.43. The molecule has 2 aromatic carbocycles. The molecule has 3 aromatic rings. The van der Waals surface area contributed by atoms with Crippen molar-refractivity contribution in [3.63, 3.8) is 0 Å². The van der Waals surface area contributed by atoms with E-state index in [0.717, 1.165) is 22.0 Å². The summed E-state index contributed by atoms with van der Waals surface area (Å²) in [5.74, 6) is -1.09. The Morgan fingerprint density at radius 1 is 1.15 bits per heavy atom. The number of hydrogen-bond acceptors (Lipinski definition) is 2. The molecule has 1 heterocycles. The largest absolute Gasteiger partial charge is 0.480 e. The summed E-state index contributed by atoms with van der Waals surface area (Å²) >= 11 is 5.90. The van der Waals surface area contributed by atoms with Crippen LogP contribution in [-0.2, 0) is 17.8 Å². The van der Waals surface area contributed by atoms with Crippen LogP contribution in [0.3, 0.4) is 0 Å². The second-order valence-corrected chi connectivity index (χ2v) is 6.35. The number of carboxylic acid groups (broad SMARTS) is 1. The lowest BCUT2D eigenvalue weighted by Crippen LogP contribution is -2.46. The molecule has 0 saturated heterocycles. The van der Waals surface area contributed by atoms with Crippen LogP contribution in [0.5, 0.6) is 0 Å². The van der Waals surface area contributed by atoms with Crippen LogP contribution in [0.25, 0.3) is 10.9 Å². The van der Waals surface area contributed by atoms with Crippen LogP contribution in [-0.4, -0.2) is 28.1 Å². The molecule has 0 aliphatic heterocycles. The molecule has 0 spiro atoms. The van der Waals surface area contributed by atoms with Gasteiger partial charge in [-0.3, -0.25) is 0 Å². The van der Waals surface area contributed by atoms with Gasteiger partial charge in [-0.1, -0.05) is 41.9 Å². The second kappa shape index (κ2) is 7.93. The van der Waals surface area contributed by atoms with Crippen molar-refractivity contribution < 1.29 is 14.7 Å². The molecule has 3 rings (SSSR count). The maximum Gasteiger partial charge on any atom is 0.326 e. The fourth-order valence-electron chi connectivity index (χ4n) is 2.76. The first-order chi connectivity index (χ1) is 12.5. The molecule has 1 aromatic heterocycles. The number of nitrogens with one attached hydrogen (secondary N) is 3. The third-order valence-electron chi connectivity index (χ3n) is 4.04. The second-order valence-electron chi connectivity index (χ2n) is 5.91. The lowest BCUT2D eigenvalue weighted by atomic mass is 10.1. The number of benzene rings is 2. The van der Waals surface area contributed by atoms with Crippen molar-refractivity contribution in [3.05, 3.63) is 70.9 Å². The van der Waals surface area contributed by atoms with Crippen molar-refractivity contribution in [3.8, 4) is 0 Å². The summed E-state index contributed by atoms with van der Waals surface area (Å²) in [7, 11) is 0. The SMILES string of the molecule is O=C(NCc1cccc(Cl)c1)N[C@@H](Cc1c[nH]c2ccccc12)C(=O)O. The number of H-pyrrole nitrogens is 1. The number of aromatic amines is 1. The molecule has 1 atom stereocenters. The fraction of sp³-hybridized carbons (Fsp3) is 0.158. The highest BCUT2D eigenvalue weighted by Crippen LogP contribution is 2.19. The highest BCUT2D eigenvalue weighted by molar-refractivity contribution is 6.30. The van der Waals surface area contributed by atoms with Crippen LogP contribution >= 0.6 is 11.6 Å². The van der Waals surface area contributed by atoms with Gasteiger partial charge in [0.05, 0.1) is 0 Å². The average Bonchev–Trinajstić information content (AvgIpc) is 3.02. The van der Waals surface area contributed by atoms with Crippen LogP contribution in [0.2, 0.25) is 5.02 Å². The van der Waals surface area contributed by atoms with Gasteiger partial charge in [0.2, 0.25) is 0 Å². The van der Waals surface area contributed by atoms with E-state index in [1.807, 2.05) is 30.3 Å². The van der Waals surface area contributed by atoms with Crippen LogP contribution in [0, 0.1) is 0 Å². The van der Waals surface area contributed by atoms with E-state index in [9.17, 15) is 14.7 Å². The minimum absolute atomic E-state index is 0.184. The van der Waals surface area contributed by atoms with E-state index in [4.69, 9.17) is 11.6 Å². The van der Waals surface area contributed by atoms with E-state index in [2.05, 4.69) is 15.6 Å². The smallest absolute Gasteiger partial charge is 0.326 e. The van der Waals surface area contributed by atoms with Gasteiger partial charge in [-0.05, 0) is 29.3 Å². The Labute approximate surface area is 155 Å². The van der Waals surface area contributed by atoms with Gasteiger partial charge in [-0.2, -0.15) is 0 Å². The Morgan fingerprint density at radius 3 is 2.73 bits per heavy atom. The molecule has 0 saturated carbocycles. The van der Waals surface area contributed by atoms with E-state index in [-0.39, 0.29) is 13.0 Å². The van der Waals surface area contributed by atoms with Gasteiger partial charge in [-0.15, -0.1) is 0 Å². The lowest BCUT2D eigenvalue weighted by molar-refractivity contribution is -0.139. The predicted octanol–water partition coefficient (Wildman–Crippen LogP) is 3.32. The molecule has 0 radical (unpaired) electrons. The minimum Gasteiger partial charge on any atom is -0.480 e. The third-order valence-corrected chi connectivity index (χ3v) is 4.28. The van der Waals surface area contributed by atoms with Gasteiger partial charge in [-0.25, -0.2) is 9.59 Å². The summed E-state index contributed by atoms with van der Waals surface area (Å²) in [6, 6.07) is 13.1. The van der Waals surface area contributed by atoms with Gasteiger partial charge in [0.25, 0.3) is 0 Å². The Hall–Kier alpha value is -2.99. The number of aromatic nitrogens is 1. The molecule has 26 heavy (non-hydrogen) atoms. The van der Waals surface area contributed by atoms with Gasteiger partial charge in [0.1, 0.15) is 6.04 Å². The van der Waals surface area contributed by atoms with Gasteiger partial charge < -0.3 is 20.7 Å². The molecule has 134 valence electrons. The number of halogens is 1. The third kappa shape index (κ3) is 4.34. The van der Waals surface area contributed by atoms with Crippen molar-refractivity contribution in [1.29, 1.82) is 0 Å². The Balaban J connectivity index is 1.63. The first-order valence-electron chi connectivity index (χ1n) is 8.09. The summed E-state index contributed by atoms with van der Waals surface area (Å²) < 4.78 is 0. The summed E-state index contributed by atoms with van der Waals surface area (Å²) in [5, 5.41) is 16.1. The number of fused-ring (bicyclic) bond motifs is 1. The molecule has 0 bridgehead atoms. The zero-order valence-corrected chi connectivity index (χ0v) is 14.6. The standard InChI is InChI=1S/C19H18ClN3O3/c20-14-5-3-4-12(8-14)10-22-19(26)23-17(18(24)25)9-13-11-21-16-7-2-1-6-15(13)16/h1-8,11,17,21H,9-10H2,(H,24,25)(H2,22,23,26)/t17-/m0/s1. The predicted molar refractivity (Wildman–Crippen MR) is 100 cm³/mol. The van der Waals surface area contributed by atoms with E-state index < -0.39 is 18.0 Å². The van der Waals surface area contributed by atoms with Crippen molar-refractivity contribution in [2.24, 2.45) is 0 Å². The molecule has 0 fully saturated rings. The highest BCUT2D eigenvalue weighted by Gasteiger charge is 2.21. The highest BCUT2D eigenvalue weighted by atomic mass is 35.5. The monoisotopic (exact) mass is 371 g/mol. The molecule has 2 amide bonds. The van der Waals surface area contributed by atoms with Crippen LogP contribution in [0.1, 0.15) is 11.1 Å². The fourth-order valence-corrected chi connectivity index (χ4v) is 2.97. The number of carboxylic acids is 1.